The molecule has 4 nitrogen and oxygen atoms in total. The number of hydrogen-bond acceptors (Lipinski definition) is 3. The summed E-state index contributed by atoms with van der Waals surface area (Å²) >= 11 is 0. The fourth-order valence-corrected chi connectivity index (χ4v) is 2.27. The summed E-state index contributed by atoms with van der Waals surface area (Å²) in [6.07, 6.45) is 5.11. The summed E-state index contributed by atoms with van der Waals surface area (Å²) in [7, 11) is 0. The van der Waals surface area contributed by atoms with Crippen molar-refractivity contribution in [2.75, 3.05) is 0 Å². The molecule has 2 aromatic heterocycles. The second-order valence-corrected chi connectivity index (χ2v) is 4.97. The van der Waals surface area contributed by atoms with E-state index in [1.165, 1.54) is 0 Å². The normalized spacial score (nSPS) is 10.4. The van der Waals surface area contributed by atoms with Crippen LogP contribution in [0.25, 0.3) is 0 Å². The van der Waals surface area contributed by atoms with Crippen molar-refractivity contribution in [1.82, 2.24) is 9.88 Å². The van der Waals surface area contributed by atoms with Crippen LogP contribution in [0.2, 0.25) is 0 Å². The number of hydrogen-bond donors (Lipinski definition) is 0. The van der Waals surface area contributed by atoms with E-state index in [0.29, 0.717) is 18.7 Å². The zero-order chi connectivity index (χ0) is 15.2. The summed E-state index contributed by atoms with van der Waals surface area (Å²) in [6, 6.07) is 16.8. The molecule has 110 valence electrons. The maximum atomic E-state index is 12.7. The van der Waals surface area contributed by atoms with Crippen molar-refractivity contribution in [3.63, 3.8) is 0 Å². The van der Waals surface area contributed by atoms with Crippen molar-refractivity contribution in [3.05, 3.63) is 90.1 Å². The molecule has 2 heterocycles. The Morgan fingerprint density at radius 1 is 1.00 bits per heavy atom. The summed E-state index contributed by atoms with van der Waals surface area (Å²) < 4.78 is 5.38. The van der Waals surface area contributed by atoms with Crippen LogP contribution in [-0.2, 0) is 13.1 Å². The van der Waals surface area contributed by atoms with Gasteiger partial charge in [0.15, 0.2) is 0 Å². The lowest BCUT2D eigenvalue weighted by molar-refractivity contribution is 0.0717. The molecule has 0 radical (unpaired) electrons. The maximum absolute atomic E-state index is 12.7. The number of amides is 1. The largest absolute Gasteiger partial charge is 0.467 e. The molecule has 3 aromatic rings. The number of benzene rings is 1. The van der Waals surface area contributed by atoms with E-state index < -0.39 is 0 Å². The topological polar surface area (TPSA) is 46.3 Å². The van der Waals surface area contributed by atoms with Gasteiger partial charge in [0.05, 0.1) is 12.8 Å². The minimum absolute atomic E-state index is 0.0270. The molecule has 0 saturated carbocycles. The van der Waals surface area contributed by atoms with E-state index in [0.717, 1.165) is 11.3 Å². The Hall–Kier alpha value is -2.88. The third kappa shape index (κ3) is 3.41. The first-order chi connectivity index (χ1) is 10.8. The van der Waals surface area contributed by atoms with Crippen molar-refractivity contribution in [1.29, 1.82) is 0 Å². The first kappa shape index (κ1) is 14.1. The Bertz CT molecular complexity index is 709. The highest BCUT2D eigenvalue weighted by molar-refractivity contribution is 5.94. The zero-order valence-electron chi connectivity index (χ0n) is 12.1. The van der Waals surface area contributed by atoms with Gasteiger partial charge in [-0.25, -0.2) is 0 Å². The maximum Gasteiger partial charge on any atom is 0.254 e. The lowest BCUT2D eigenvalue weighted by Crippen LogP contribution is -2.30. The Morgan fingerprint density at radius 3 is 2.55 bits per heavy atom. The number of nitrogens with zero attached hydrogens (tertiary/aromatic N) is 2. The van der Waals surface area contributed by atoms with Crippen molar-refractivity contribution < 1.29 is 9.21 Å². The van der Waals surface area contributed by atoms with Gasteiger partial charge in [0, 0.05) is 24.5 Å². The van der Waals surface area contributed by atoms with E-state index >= 15 is 0 Å². The smallest absolute Gasteiger partial charge is 0.254 e. The molecular formula is C18H16N2O2. The van der Waals surface area contributed by atoms with Crippen LogP contribution in [0.1, 0.15) is 21.7 Å². The average molecular weight is 292 g/mol. The second kappa shape index (κ2) is 6.72. The van der Waals surface area contributed by atoms with Gasteiger partial charge < -0.3 is 9.32 Å². The minimum Gasteiger partial charge on any atom is -0.467 e. The molecule has 0 atom stereocenters. The molecular weight excluding hydrogens is 276 g/mol. The SMILES string of the molecule is O=C(c1ccccc1)N(Cc1cccnc1)Cc1ccco1. The van der Waals surface area contributed by atoms with E-state index in [1.807, 2.05) is 54.6 Å². The quantitative estimate of drug-likeness (QED) is 0.723. The Kier molecular flexibility index (Phi) is 4.30. The predicted molar refractivity (Wildman–Crippen MR) is 83.0 cm³/mol. The van der Waals surface area contributed by atoms with Crippen LogP contribution in [0.15, 0.2) is 77.7 Å². The lowest BCUT2D eigenvalue weighted by Gasteiger charge is -2.21. The molecule has 0 aliphatic carbocycles. The molecule has 0 fully saturated rings. The predicted octanol–water partition coefficient (Wildman–Crippen LogP) is 3.52. The van der Waals surface area contributed by atoms with Gasteiger partial charge in [0.25, 0.3) is 5.91 Å². The van der Waals surface area contributed by atoms with Crippen LogP contribution in [0.5, 0.6) is 0 Å². The van der Waals surface area contributed by atoms with Gasteiger partial charge in [-0.05, 0) is 35.9 Å². The third-order valence-electron chi connectivity index (χ3n) is 3.33. The van der Waals surface area contributed by atoms with Crippen LogP contribution in [0.4, 0.5) is 0 Å². The number of carbonyl (C=O) groups is 1. The summed E-state index contributed by atoms with van der Waals surface area (Å²) in [5.41, 5.74) is 1.65. The van der Waals surface area contributed by atoms with Gasteiger partial charge in [-0.1, -0.05) is 24.3 Å². The number of furan rings is 1. The zero-order valence-corrected chi connectivity index (χ0v) is 12.1. The summed E-state index contributed by atoms with van der Waals surface area (Å²) in [5.74, 6) is 0.731. The lowest BCUT2D eigenvalue weighted by atomic mass is 10.1. The van der Waals surface area contributed by atoms with Crippen molar-refractivity contribution in [3.8, 4) is 0 Å². The number of carbonyl (C=O) groups excluding carboxylic acids is 1. The van der Waals surface area contributed by atoms with Gasteiger partial charge in [0.1, 0.15) is 5.76 Å². The van der Waals surface area contributed by atoms with Crippen molar-refractivity contribution in [2.45, 2.75) is 13.1 Å². The number of rotatable bonds is 5. The highest BCUT2D eigenvalue weighted by Crippen LogP contribution is 2.14. The molecule has 0 N–H and O–H groups in total. The molecule has 3 rings (SSSR count). The van der Waals surface area contributed by atoms with Crippen LogP contribution < -0.4 is 0 Å². The Labute approximate surface area is 129 Å². The molecule has 1 amide bonds. The molecule has 0 aliphatic heterocycles. The third-order valence-corrected chi connectivity index (χ3v) is 3.33. The van der Waals surface area contributed by atoms with Crippen LogP contribution >= 0.6 is 0 Å². The first-order valence-corrected chi connectivity index (χ1v) is 7.08. The molecule has 0 spiro atoms. The van der Waals surface area contributed by atoms with Gasteiger partial charge in [-0.2, -0.15) is 0 Å². The van der Waals surface area contributed by atoms with Crippen LogP contribution in [-0.4, -0.2) is 15.8 Å². The van der Waals surface area contributed by atoms with Gasteiger partial charge in [-0.15, -0.1) is 0 Å². The molecule has 1 aromatic carbocycles. The van der Waals surface area contributed by atoms with Crippen molar-refractivity contribution in [2.24, 2.45) is 0 Å². The Morgan fingerprint density at radius 2 is 1.86 bits per heavy atom. The average Bonchev–Trinajstić information content (AvgIpc) is 3.08. The van der Waals surface area contributed by atoms with Crippen LogP contribution in [0.3, 0.4) is 0 Å². The number of pyridine rings is 1. The molecule has 0 bridgehead atoms. The molecule has 22 heavy (non-hydrogen) atoms. The van der Waals surface area contributed by atoms with E-state index in [4.69, 9.17) is 4.42 Å². The highest BCUT2D eigenvalue weighted by atomic mass is 16.3. The van der Waals surface area contributed by atoms with E-state index in [9.17, 15) is 4.79 Å². The van der Waals surface area contributed by atoms with Gasteiger partial charge in [0.2, 0.25) is 0 Å². The monoisotopic (exact) mass is 292 g/mol. The van der Waals surface area contributed by atoms with Gasteiger partial charge in [-0.3, -0.25) is 9.78 Å². The fraction of sp³-hybridized carbons (Fsp3) is 0.111. The highest BCUT2D eigenvalue weighted by Gasteiger charge is 2.17. The number of aromatic nitrogens is 1. The minimum atomic E-state index is -0.0270. The molecule has 0 aliphatic rings. The Balaban J connectivity index is 1.84. The second-order valence-electron chi connectivity index (χ2n) is 4.97. The first-order valence-electron chi connectivity index (χ1n) is 7.08. The molecule has 0 unspecified atom stereocenters. The molecule has 4 heteroatoms. The summed E-state index contributed by atoms with van der Waals surface area (Å²) in [5, 5.41) is 0. The van der Waals surface area contributed by atoms with Gasteiger partial charge >= 0.3 is 0 Å². The standard InChI is InChI=1S/C18H16N2O2/c21-18(16-7-2-1-3-8-16)20(14-17-9-5-11-22-17)13-15-6-4-10-19-12-15/h1-12H,13-14H2. The fourth-order valence-electron chi connectivity index (χ4n) is 2.27. The van der Waals surface area contributed by atoms with E-state index in [1.54, 1.807) is 23.6 Å². The summed E-state index contributed by atoms with van der Waals surface area (Å²) in [6.45, 7) is 0.915. The van der Waals surface area contributed by atoms with Crippen molar-refractivity contribution >= 4 is 5.91 Å². The van der Waals surface area contributed by atoms with E-state index in [2.05, 4.69) is 4.98 Å². The van der Waals surface area contributed by atoms with E-state index in [-0.39, 0.29) is 5.91 Å². The summed E-state index contributed by atoms with van der Waals surface area (Å²) in [4.78, 5) is 18.6. The molecule has 0 saturated heterocycles. The van der Waals surface area contributed by atoms with Crippen LogP contribution in [0, 0.1) is 0 Å².